The van der Waals surface area contributed by atoms with E-state index in [4.69, 9.17) is 9.47 Å². The number of aliphatic imine (C=N–C) groups is 1. The molecule has 5 rings (SSSR count). The first-order valence-electron chi connectivity index (χ1n) is 13.5. The maximum absolute atomic E-state index is 13.5. The number of methoxy groups -OCH3 is 1. The molecule has 0 bridgehead atoms. The number of halogens is 6. The normalized spacial score (nSPS) is 16.9. The number of nitrogens with zero attached hydrogens (tertiary/aromatic N) is 3. The van der Waals surface area contributed by atoms with Gasteiger partial charge in [-0.15, -0.1) is 0 Å². The van der Waals surface area contributed by atoms with Crippen molar-refractivity contribution in [2.24, 2.45) is 4.99 Å². The lowest BCUT2D eigenvalue weighted by Crippen LogP contribution is -2.47. The van der Waals surface area contributed by atoms with Crippen molar-refractivity contribution in [1.82, 2.24) is 4.90 Å². The van der Waals surface area contributed by atoms with Crippen molar-refractivity contribution >= 4 is 34.6 Å². The van der Waals surface area contributed by atoms with Crippen LogP contribution in [0.15, 0.2) is 70.6 Å². The number of thioether (sulfide) groups is 1. The summed E-state index contributed by atoms with van der Waals surface area (Å²) in [6.45, 7) is 4.38. The number of hydrogen-bond acceptors (Lipinski definition) is 6. The van der Waals surface area contributed by atoms with E-state index in [0.717, 1.165) is 24.8 Å². The van der Waals surface area contributed by atoms with Crippen LogP contribution in [-0.2, 0) is 23.8 Å². The Morgan fingerprint density at radius 2 is 1.61 bits per heavy atom. The van der Waals surface area contributed by atoms with E-state index in [1.165, 1.54) is 30.5 Å². The van der Waals surface area contributed by atoms with E-state index >= 15 is 0 Å². The molecular weight excluding hydrogens is 608 g/mol. The molecule has 13 heteroatoms. The molecule has 0 radical (unpaired) electrons. The zero-order valence-corrected chi connectivity index (χ0v) is 24.4. The Morgan fingerprint density at radius 3 is 2.27 bits per heavy atom. The fourth-order valence-electron chi connectivity index (χ4n) is 4.86. The van der Waals surface area contributed by atoms with Crippen LogP contribution in [0.2, 0.25) is 0 Å². The van der Waals surface area contributed by atoms with Crippen LogP contribution in [0.4, 0.5) is 32.0 Å². The number of hydrogen-bond donors (Lipinski definition) is 0. The highest BCUT2D eigenvalue weighted by molar-refractivity contribution is 8.18. The number of ether oxygens (including phenoxy) is 2. The van der Waals surface area contributed by atoms with Gasteiger partial charge in [0, 0.05) is 37.4 Å². The number of amidine groups is 1. The van der Waals surface area contributed by atoms with E-state index in [1.54, 1.807) is 18.2 Å². The fraction of sp³-hybridized carbons (Fsp3) is 0.290. The molecule has 2 aliphatic rings. The quantitative estimate of drug-likeness (QED) is 0.208. The molecule has 1 saturated heterocycles. The minimum Gasteiger partial charge on any atom is -0.493 e. The summed E-state index contributed by atoms with van der Waals surface area (Å²) in [4.78, 5) is 21.7. The highest BCUT2D eigenvalue weighted by Gasteiger charge is 2.38. The van der Waals surface area contributed by atoms with E-state index < -0.39 is 35.6 Å². The van der Waals surface area contributed by atoms with Crippen LogP contribution in [0, 0.1) is 6.92 Å². The molecule has 232 valence electrons. The lowest BCUT2D eigenvalue weighted by molar-refractivity contribution is -0.143. The van der Waals surface area contributed by atoms with Gasteiger partial charge in [0.25, 0.3) is 5.91 Å². The lowest BCUT2D eigenvalue weighted by Gasteiger charge is -2.36. The van der Waals surface area contributed by atoms with E-state index in [0.29, 0.717) is 34.8 Å². The Morgan fingerprint density at radius 1 is 0.886 bits per heavy atom. The molecule has 3 aromatic carbocycles. The zero-order valence-electron chi connectivity index (χ0n) is 23.6. The number of alkyl halides is 6. The van der Waals surface area contributed by atoms with E-state index in [-0.39, 0.29) is 23.5 Å². The summed E-state index contributed by atoms with van der Waals surface area (Å²) in [5.41, 5.74) is -0.389. The maximum Gasteiger partial charge on any atom is 0.416 e. The monoisotopic (exact) mass is 635 g/mol. The molecule has 0 aliphatic carbocycles. The molecule has 0 spiro atoms. The predicted molar refractivity (Wildman–Crippen MR) is 157 cm³/mol. The number of aryl methyl sites for hydroxylation is 1. The number of carbonyl (C=O) groups excluding carboxylic acids is 1. The Balaban J connectivity index is 1.24. The smallest absolute Gasteiger partial charge is 0.416 e. The minimum absolute atomic E-state index is 0.0713. The van der Waals surface area contributed by atoms with Gasteiger partial charge in [-0.1, -0.05) is 24.3 Å². The standard InChI is InChI=1S/C31H27F6N3O3S/c1-19-4-3-5-23(14-19)39-10-12-40(13-11-39)29-38-28(41)27(44-29)16-20-6-9-25(26(15-20)42-2)43-18-21-7-8-22(30(32,33)34)17-24(21)31(35,36)37/h3-9,14-17H,10-13,18H2,1-2H3. The van der Waals surface area contributed by atoms with Gasteiger partial charge in [-0.2, -0.15) is 31.3 Å². The summed E-state index contributed by atoms with van der Waals surface area (Å²) in [5, 5.41) is 0.620. The number of anilines is 1. The second-order valence-electron chi connectivity index (χ2n) is 10.2. The fourth-order valence-corrected chi connectivity index (χ4v) is 5.82. The largest absolute Gasteiger partial charge is 0.493 e. The summed E-state index contributed by atoms with van der Waals surface area (Å²) in [5.74, 6) is -0.132. The van der Waals surface area contributed by atoms with E-state index in [9.17, 15) is 31.1 Å². The molecule has 6 nitrogen and oxygen atoms in total. The van der Waals surface area contributed by atoms with Crippen molar-refractivity contribution < 1.29 is 40.6 Å². The van der Waals surface area contributed by atoms with Gasteiger partial charge in [0.1, 0.15) is 6.61 Å². The van der Waals surface area contributed by atoms with E-state index in [2.05, 4.69) is 39.9 Å². The SMILES string of the molecule is COc1cc(C=C2SC(N3CCN(c4cccc(C)c4)CC3)=NC2=O)ccc1OCc1ccc(C(F)(F)F)cc1C(F)(F)F. The highest BCUT2D eigenvalue weighted by atomic mass is 32.2. The van der Waals surface area contributed by atoms with Crippen molar-refractivity contribution in [3.63, 3.8) is 0 Å². The first-order chi connectivity index (χ1) is 20.8. The van der Waals surface area contributed by atoms with Crippen LogP contribution in [0.25, 0.3) is 6.08 Å². The van der Waals surface area contributed by atoms with Gasteiger partial charge < -0.3 is 19.3 Å². The zero-order chi connectivity index (χ0) is 31.6. The lowest BCUT2D eigenvalue weighted by atomic mass is 10.0. The molecule has 3 aromatic rings. The Hall–Kier alpha value is -4.13. The second kappa shape index (κ2) is 12.5. The summed E-state index contributed by atoms with van der Waals surface area (Å²) in [6.07, 6.45) is -8.30. The molecule has 1 fully saturated rings. The highest BCUT2D eigenvalue weighted by Crippen LogP contribution is 2.39. The van der Waals surface area contributed by atoms with Crippen molar-refractivity contribution in [3.8, 4) is 11.5 Å². The molecule has 2 aliphatic heterocycles. The molecule has 0 atom stereocenters. The van der Waals surface area contributed by atoms with E-state index in [1.807, 2.05) is 6.07 Å². The van der Waals surface area contributed by atoms with Gasteiger partial charge in [0.2, 0.25) is 0 Å². The van der Waals surface area contributed by atoms with Crippen LogP contribution < -0.4 is 14.4 Å². The van der Waals surface area contributed by atoms with Gasteiger partial charge >= 0.3 is 12.4 Å². The third-order valence-electron chi connectivity index (χ3n) is 7.14. The molecular formula is C31H27F6N3O3S. The summed E-state index contributed by atoms with van der Waals surface area (Å²) in [6, 6.07) is 14.3. The van der Waals surface area contributed by atoms with Crippen molar-refractivity contribution in [2.75, 3.05) is 38.2 Å². The van der Waals surface area contributed by atoms with Crippen molar-refractivity contribution in [3.05, 3.63) is 93.4 Å². The van der Waals surface area contributed by atoms with Gasteiger partial charge in [-0.05, 0) is 72.3 Å². The number of benzene rings is 3. The molecule has 0 unspecified atom stereocenters. The number of piperazine rings is 1. The van der Waals surface area contributed by atoms with Gasteiger partial charge in [0.15, 0.2) is 16.7 Å². The van der Waals surface area contributed by atoms with Crippen LogP contribution in [0.1, 0.15) is 27.8 Å². The number of amides is 1. The molecule has 1 amide bonds. The van der Waals surface area contributed by atoms with Gasteiger partial charge in [-0.25, -0.2) is 0 Å². The van der Waals surface area contributed by atoms with Gasteiger partial charge in [0.05, 0.1) is 23.1 Å². The number of carbonyl (C=O) groups is 1. The third-order valence-corrected chi connectivity index (χ3v) is 8.18. The molecule has 0 N–H and O–H groups in total. The first-order valence-corrected chi connectivity index (χ1v) is 14.3. The van der Waals surface area contributed by atoms with Crippen LogP contribution in [0.3, 0.4) is 0 Å². The molecule has 44 heavy (non-hydrogen) atoms. The minimum atomic E-state index is -5.01. The van der Waals surface area contributed by atoms with Crippen molar-refractivity contribution in [2.45, 2.75) is 25.9 Å². The molecule has 2 heterocycles. The first kappa shape index (κ1) is 31.3. The summed E-state index contributed by atoms with van der Waals surface area (Å²) >= 11 is 1.26. The maximum atomic E-state index is 13.5. The summed E-state index contributed by atoms with van der Waals surface area (Å²) < 4.78 is 90.4. The molecule has 0 saturated carbocycles. The van der Waals surface area contributed by atoms with Gasteiger partial charge in [-0.3, -0.25) is 4.79 Å². The topological polar surface area (TPSA) is 54.4 Å². The van der Waals surface area contributed by atoms with Crippen LogP contribution >= 0.6 is 11.8 Å². The Bertz CT molecular complexity index is 1610. The van der Waals surface area contributed by atoms with Crippen LogP contribution in [-0.4, -0.2) is 49.3 Å². The average molecular weight is 636 g/mol. The predicted octanol–water partition coefficient (Wildman–Crippen LogP) is 7.41. The molecule has 0 aromatic heterocycles. The number of rotatable bonds is 6. The summed E-state index contributed by atoms with van der Waals surface area (Å²) in [7, 11) is 1.34. The van der Waals surface area contributed by atoms with Crippen molar-refractivity contribution in [1.29, 1.82) is 0 Å². The Kier molecular flexibility index (Phi) is 8.87. The Labute approximate surface area is 254 Å². The van der Waals surface area contributed by atoms with Crippen LogP contribution in [0.5, 0.6) is 11.5 Å². The second-order valence-corrected chi connectivity index (χ2v) is 11.2. The third kappa shape index (κ3) is 7.15. The average Bonchev–Trinajstić information content (AvgIpc) is 3.35.